The molecule has 1 aliphatic heterocycles. The fourth-order valence-electron chi connectivity index (χ4n) is 3.15. The molecule has 0 bridgehead atoms. The Morgan fingerprint density at radius 1 is 1.03 bits per heavy atom. The van der Waals surface area contributed by atoms with Crippen LogP contribution in [0.25, 0.3) is 0 Å². The second-order valence-corrected chi connectivity index (χ2v) is 11.3. The van der Waals surface area contributed by atoms with Gasteiger partial charge in [-0.1, -0.05) is 55.4 Å². The predicted molar refractivity (Wildman–Crippen MR) is 120 cm³/mol. The molecule has 0 aromatic rings. The van der Waals surface area contributed by atoms with Gasteiger partial charge < -0.3 is 29.7 Å². The standard InChI is InChI=1S/C18H35NO10S3/c1-31(24)11-9-7-5-3-2-4-6-8-10-14(19-29-32(25,26)27)30-18-17(23)16(22)15(21)13(12-20)28-18/h13,15-18,20-23H,2-12H2,1H3,(H,25,26,27)/p-1. The van der Waals surface area contributed by atoms with Gasteiger partial charge in [-0.2, -0.15) is 8.42 Å². The molecular formula is C18H34NO10S3-. The average molecular weight is 521 g/mol. The van der Waals surface area contributed by atoms with Crippen molar-refractivity contribution in [1.29, 1.82) is 0 Å². The van der Waals surface area contributed by atoms with Gasteiger partial charge in [-0.3, -0.25) is 8.49 Å². The number of hydrogen-bond acceptors (Lipinski definition) is 12. The van der Waals surface area contributed by atoms with Crippen LogP contribution < -0.4 is 0 Å². The van der Waals surface area contributed by atoms with Crippen molar-refractivity contribution in [3.05, 3.63) is 0 Å². The molecule has 0 amide bonds. The molecule has 1 aliphatic rings. The SMILES string of the molecule is CS(=O)CCCCCCCCCCC(=NOS(=O)(=O)[O-])SC1OC(CO)C(O)C(O)C1O. The van der Waals surface area contributed by atoms with Crippen LogP contribution in [0.5, 0.6) is 0 Å². The van der Waals surface area contributed by atoms with Crippen LogP contribution in [-0.4, -0.2) is 91.1 Å². The molecule has 190 valence electrons. The van der Waals surface area contributed by atoms with Crippen LogP contribution in [0.1, 0.15) is 57.8 Å². The zero-order chi connectivity index (χ0) is 24.1. The second-order valence-electron chi connectivity index (χ2n) is 7.64. The highest BCUT2D eigenvalue weighted by Crippen LogP contribution is 2.30. The third-order valence-corrected chi connectivity index (χ3v) is 7.20. The van der Waals surface area contributed by atoms with E-state index in [0.29, 0.717) is 6.42 Å². The first-order valence-electron chi connectivity index (χ1n) is 10.5. The Hall–Kier alpha value is -0.320. The van der Waals surface area contributed by atoms with E-state index in [1.165, 1.54) is 0 Å². The second kappa shape index (κ2) is 15.6. The number of nitrogens with zero attached hydrogens (tertiary/aromatic N) is 1. The van der Waals surface area contributed by atoms with E-state index in [4.69, 9.17) is 4.74 Å². The van der Waals surface area contributed by atoms with E-state index in [2.05, 4.69) is 9.44 Å². The summed E-state index contributed by atoms with van der Waals surface area (Å²) < 4.78 is 52.6. The maximum atomic E-state index is 11.0. The van der Waals surface area contributed by atoms with Gasteiger partial charge in [0.15, 0.2) is 0 Å². The predicted octanol–water partition coefficient (Wildman–Crippen LogP) is 0.199. The Kier molecular flexibility index (Phi) is 14.4. The normalized spacial score (nSPS) is 27.9. The lowest BCUT2D eigenvalue weighted by Crippen LogP contribution is -2.57. The summed E-state index contributed by atoms with van der Waals surface area (Å²) in [5.74, 6) is 0.732. The van der Waals surface area contributed by atoms with E-state index in [9.17, 15) is 37.6 Å². The van der Waals surface area contributed by atoms with Crippen molar-refractivity contribution in [2.75, 3.05) is 18.6 Å². The van der Waals surface area contributed by atoms with Crippen LogP contribution in [0.2, 0.25) is 0 Å². The highest BCUT2D eigenvalue weighted by Gasteiger charge is 2.44. The topological polar surface area (TPSA) is 186 Å². The third-order valence-electron chi connectivity index (χ3n) is 4.90. The lowest BCUT2D eigenvalue weighted by atomic mass is 10.0. The maximum absolute atomic E-state index is 11.0. The summed E-state index contributed by atoms with van der Waals surface area (Å²) in [6.45, 7) is -0.601. The summed E-state index contributed by atoms with van der Waals surface area (Å²) in [7, 11) is -5.81. The number of oxime groups is 1. The lowest BCUT2D eigenvalue weighted by Gasteiger charge is -2.39. The number of unbranched alkanes of at least 4 members (excludes halogenated alkanes) is 7. The van der Waals surface area contributed by atoms with Gasteiger partial charge in [-0.15, -0.1) is 0 Å². The molecule has 1 rings (SSSR count). The van der Waals surface area contributed by atoms with E-state index < -0.39 is 57.7 Å². The molecule has 0 aliphatic carbocycles. The van der Waals surface area contributed by atoms with Gasteiger partial charge in [0.25, 0.3) is 10.4 Å². The highest BCUT2D eigenvalue weighted by molar-refractivity contribution is 8.14. The molecule has 14 heteroatoms. The Morgan fingerprint density at radius 3 is 2.12 bits per heavy atom. The number of hydrogen-bond donors (Lipinski definition) is 4. The van der Waals surface area contributed by atoms with Gasteiger partial charge in [-0.05, 0) is 19.3 Å². The first kappa shape index (κ1) is 29.7. The van der Waals surface area contributed by atoms with Crippen molar-refractivity contribution < 1.29 is 46.6 Å². The molecule has 0 aromatic carbocycles. The first-order valence-corrected chi connectivity index (χ1v) is 14.5. The molecule has 1 saturated heterocycles. The van der Waals surface area contributed by atoms with Crippen molar-refractivity contribution in [3.63, 3.8) is 0 Å². The van der Waals surface area contributed by atoms with E-state index in [-0.39, 0.29) is 11.5 Å². The van der Waals surface area contributed by atoms with Crippen LogP contribution in [0.4, 0.5) is 0 Å². The number of rotatable bonds is 15. The van der Waals surface area contributed by atoms with Gasteiger partial charge in [0.05, 0.1) is 6.61 Å². The minimum absolute atomic E-state index is 0.0707. The van der Waals surface area contributed by atoms with Gasteiger partial charge >= 0.3 is 0 Å². The minimum atomic E-state index is -5.07. The largest absolute Gasteiger partial charge is 0.714 e. The number of thioether (sulfide) groups is 1. The molecule has 6 atom stereocenters. The minimum Gasteiger partial charge on any atom is -0.714 e. The van der Waals surface area contributed by atoms with E-state index in [0.717, 1.165) is 62.5 Å². The van der Waals surface area contributed by atoms with Gasteiger partial charge in [0.1, 0.15) is 34.9 Å². The van der Waals surface area contributed by atoms with E-state index >= 15 is 0 Å². The van der Waals surface area contributed by atoms with Crippen LogP contribution >= 0.6 is 11.8 Å². The highest BCUT2D eigenvalue weighted by atomic mass is 32.3. The van der Waals surface area contributed by atoms with Gasteiger partial charge in [-0.25, -0.2) is 0 Å². The zero-order valence-corrected chi connectivity index (χ0v) is 20.5. The Morgan fingerprint density at radius 2 is 1.59 bits per heavy atom. The number of ether oxygens (including phenoxy) is 1. The molecule has 0 radical (unpaired) electrons. The summed E-state index contributed by atoms with van der Waals surface area (Å²) in [6.07, 6.45) is 3.74. The molecule has 0 spiro atoms. The summed E-state index contributed by atoms with van der Waals surface area (Å²) in [5.41, 5.74) is -1.15. The van der Waals surface area contributed by atoms with Crippen molar-refractivity contribution in [2.24, 2.45) is 5.16 Å². The molecule has 11 nitrogen and oxygen atoms in total. The molecule has 6 unspecified atom stereocenters. The summed E-state index contributed by atoms with van der Waals surface area (Å²) in [5, 5.41) is 42.5. The van der Waals surface area contributed by atoms with Crippen LogP contribution in [0, 0.1) is 0 Å². The van der Waals surface area contributed by atoms with Crippen molar-refractivity contribution >= 4 is 38.0 Å². The van der Waals surface area contributed by atoms with E-state index in [1.807, 2.05) is 0 Å². The first-order chi connectivity index (χ1) is 15.0. The summed E-state index contributed by atoms with van der Waals surface area (Å²) >= 11 is 0.761. The van der Waals surface area contributed by atoms with Crippen LogP contribution in [-0.2, 0) is 30.2 Å². The third kappa shape index (κ3) is 12.2. The Bertz CT molecular complexity index is 688. The fourth-order valence-corrected chi connectivity index (χ4v) is 5.10. The van der Waals surface area contributed by atoms with Gasteiger partial charge in [0.2, 0.25) is 0 Å². The molecule has 1 fully saturated rings. The fraction of sp³-hybridized carbons (Fsp3) is 0.944. The van der Waals surface area contributed by atoms with Crippen molar-refractivity contribution in [3.8, 4) is 0 Å². The molecule has 0 saturated carbocycles. The summed E-state index contributed by atoms with van der Waals surface area (Å²) in [4.78, 5) is 0. The number of aliphatic hydroxyl groups excluding tert-OH is 4. The Labute approximate surface area is 196 Å². The molecule has 0 aromatic heterocycles. The smallest absolute Gasteiger partial charge is 0.284 e. The molecule has 1 heterocycles. The van der Waals surface area contributed by atoms with Crippen molar-refractivity contribution in [2.45, 2.75) is 87.6 Å². The molecule has 32 heavy (non-hydrogen) atoms. The van der Waals surface area contributed by atoms with E-state index in [1.54, 1.807) is 6.26 Å². The molecule has 4 N–H and O–H groups in total. The number of aliphatic hydroxyl groups is 4. The van der Waals surface area contributed by atoms with Gasteiger partial charge in [0, 0.05) is 22.8 Å². The lowest BCUT2D eigenvalue weighted by molar-refractivity contribution is -0.205. The quantitative estimate of drug-likeness (QED) is 0.0577. The van der Waals surface area contributed by atoms with Crippen LogP contribution in [0.15, 0.2) is 5.16 Å². The average Bonchev–Trinajstić information content (AvgIpc) is 2.72. The van der Waals surface area contributed by atoms with Crippen molar-refractivity contribution in [1.82, 2.24) is 0 Å². The zero-order valence-electron chi connectivity index (χ0n) is 18.1. The molecular weight excluding hydrogens is 486 g/mol. The Balaban J connectivity index is 2.48. The monoisotopic (exact) mass is 520 g/mol. The maximum Gasteiger partial charge on any atom is 0.284 e. The van der Waals surface area contributed by atoms with Crippen LogP contribution in [0.3, 0.4) is 0 Å². The summed E-state index contributed by atoms with van der Waals surface area (Å²) in [6, 6.07) is 0.